The van der Waals surface area contributed by atoms with Gasteiger partial charge in [-0.3, -0.25) is 0 Å². The summed E-state index contributed by atoms with van der Waals surface area (Å²) in [6.07, 6.45) is 0.418. The van der Waals surface area contributed by atoms with E-state index in [1.165, 1.54) is 0 Å². The van der Waals surface area contributed by atoms with Gasteiger partial charge in [-0.2, -0.15) is 0 Å². The first kappa shape index (κ1) is 23.3. The topological polar surface area (TPSA) is 35.5 Å². The Morgan fingerprint density at radius 2 is 0.735 bits per heavy atom. The Labute approximate surface area is 202 Å². The van der Waals surface area contributed by atoms with E-state index >= 15 is 0 Å². The number of rotatable bonds is 8. The summed E-state index contributed by atoms with van der Waals surface area (Å²) in [5.74, 6) is 0. The van der Waals surface area contributed by atoms with Crippen molar-refractivity contribution in [2.45, 2.75) is 37.9 Å². The molecule has 3 nitrogen and oxygen atoms in total. The van der Waals surface area contributed by atoms with Crippen LogP contribution in [0.1, 0.15) is 48.9 Å². The monoisotopic (exact) mass is 450 g/mol. The van der Waals surface area contributed by atoms with E-state index in [1.807, 2.05) is 135 Å². The second-order valence-corrected chi connectivity index (χ2v) is 8.28. The molecule has 0 saturated carbocycles. The molecule has 0 aliphatic heterocycles. The summed E-state index contributed by atoms with van der Waals surface area (Å²) < 4.78 is 12.6. The quantitative estimate of drug-likeness (QED) is 0.256. The molecular weight excluding hydrogens is 420 g/mol. The molecule has 172 valence electrons. The van der Waals surface area contributed by atoms with Crippen molar-refractivity contribution >= 4 is 6.16 Å². The molecule has 3 heteroatoms. The van der Waals surface area contributed by atoms with Crippen molar-refractivity contribution < 1.29 is 14.3 Å². The Bertz CT molecular complexity index is 999. The highest BCUT2D eigenvalue weighted by molar-refractivity contribution is 5.64. The fourth-order valence-electron chi connectivity index (χ4n) is 4.66. The van der Waals surface area contributed by atoms with E-state index in [0.29, 0.717) is 12.8 Å². The highest BCUT2D eigenvalue weighted by Crippen LogP contribution is 2.41. The van der Waals surface area contributed by atoms with Gasteiger partial charge in [0.25, 0.3) is 0 Å². The summed E-state index contributed by atoms with van der Waals surface area (Å²) in [5, 5.41) is 0. The predicted octanol–water partition coefficient (Wildman–Crippen LogP) is 7.85. The van der Waals surface area contributed by atoms with Crippen molar-refractivity contribution in [1.29, 1.82) is 0 Å². The molecule has 4 rings (SSSR count). The van der Waals surface area contributed by atoms with E-state index in [-0.39, 0.29) is 0 Å². The smallest absolute Gasteiger partial charge is 0.418 e. The van der Waals surface area contributed by atoms with Crippen molar-refractivity contribution in [3.8, 4) is 0 Å². The molecule has 0 unspecified atom stereocenters. The molecule has 0 aliphatic carbocycles. The van der Waals surface area contributed by atoms with Gasteiger partial charge in [-0.1, -0.05) is 135 Å². The van der Waals surface area contributed by atoms with Crippen molar-refractivity contribution in [2.75, 3.05) is 0 Å². The van der Waals surface area contributed by atoms with Gasteiger partial charge in [0.15, 0.2) is 11.2 Å². The third-order valence-corrected chi connectivity index (χ3v) is 6.47. The van der Waals surface area contributed by atoms with Gasteiger partial charge in [0.2, 0.25) is 0 Å². The van der Waals surface area contributed by atoms with Crippen molar-refractivity contribution in [3.63, 3.8) is 0 Å². The minimum atomic E-state index is -0.966. The molecule has 0 saturated heterocycles. The second kappa shape index (κ2) is 10.4. The first-order valence-electron chi connectivity index (χ1n) is 11.8. The van der Waals surface area contributed by atoms with Gasteiger partial charge in [-0.05, 0) is 12.8 Å². The van der Waals surface area contributed by atoms with Crippen LogP contribution in [-0.4, -0.2) is 6.16 Å². The minimum Gasteiger partial charge on any atom is -0.418 e. The largest absolute Gasteiger partial charge is 0.510 e. The normalized spacial score (nSPS) is 11.6. The average molecular weight is 451 g/mol. The summed E-state index contributed by atoms with van der Waals surface area (Å²) in [6.45, 7) is 4.05. The van der Waals surface area contributed by atoms with Gasteiger partial charge >= 0.3 is 6.16 Å². The van der Waals surface area contributed by atoms with Gasteiger partial charge in [0.05, 0.1) is 0 Å². The zero-order valence-electron chi connectivity index (χ0n) is 19.7. The Kier molecular flexibility index (Phi) is 7.12. The molecule has 4 aromatic carbocycles. The Hall–Kier alpha value is -3.85. The molecule has 0 radical (unpaired) electrons. The van der Waals surface area contributed by atoms with E-state index < -0.39 is 17.4 Å². The van der Waals surface area contributed by atoms with Crippen LogP contribution in [0, 0.1) is 0 Å². The van der Waals surface area contributed by atoms with E-state index in [9.17, 15) is 4.79 Å². The summed E-state index contributed by atoms with van der Waals surface area (Å²) in [7, 11) is 0. The SMILES string of the molecule is CCC(OC(=O)OC(CC)(c1ccccc1)c1ccccc1)(c1ccccc1)c1ccccc1. The van der Waals surface area contributed by atoms with Crippen molar-refractivity contribution in [2.24, 2.45) is 0 Å². The molecule has 34 heavy (non-hydrogen) atoms. The third kappa shape index (κ3) is 4.47. The molecule has 0 spiro atoms. The lowest BCUT2D eigenvalue weighted by Gasteiger charge is -2.37. The third-order valence-electron chi connectivity index (χ3n) is 6.47. The lowest BCUT2D eigenvalue weighted by Crippen LogP contribution is -2.38. The highest BCUT2D eigenvalue weighted by atomic mass is 16.7. The number of hydrogen-bond acceptors (Lipinski definition) is 3. The van der Waals surface area contributed by atoms with Gasteiger partial charge in [-0.25, -0.2) is 4.79 Å². The summed E-state index contributed by atoms with van der Waals surface area (Å²) in [5.41, 5.74) is 1.69. The molecule has 0 amide bonds. The first-order valence-corrected chi connectivity index (χ1v) is 11.8. The second-order valence-electron chi connectivity index (χ2n) is 8.28. The van der Waals surface area contributed by atoms with Crippen LogP contribution in [0.25, 0.3) is 0 Å². The molecule has 0 atom stereocenters. The number of benzene rings is 4. The Morgan fingerprint density at radius 3 is 0.941 bits per heavy atom. The lowest BCUT2D eigenvalue weighted by atomic mass is 9.83. The van der Waals surface area contributed by atoms with Crippen LogP contribution >= 0.6 is 0 Å². The van der Waals surface area contributed by atoms with Gasteiger partial charge in [0.1, 0.15) is 0 Å². The summed E-state index contributed by atoms with van der Waals surface area (Å²) in [4.78, 5) is 13.6. The Balaban J connectivity index is 1.77. The van der Waals surface area contributed by atoms with Crippen LogP contribution in [0.3, 0.4) is 0 Å². The maximum Gasteiger partial charge on any atom is 0.510 e. The molecular formula is C31H30O3. The maximum absolute atomic E-state index is 13.6. The van der Waals surface area contributed by atoms with E-state index in [0.717, 1.165) is 22.3 Å². The zero-order valence-corrected chi connectivity index (χ0v) is 19.7. The van der Waals surface area contributed by atoms with Gasteiger partial charge < -0.3 is 9.47 Å². The van der Waals surface area contributed by atoms with Crippen LogP contribution in [-0.2, 0) is 20.7 Å². The maximum atomic E-state index is 13.6. The predicted molar refractivity (Wildman–Crippen MR) is 135 cm³/mol. The van der Waals surface area contributed by atoms with Crippen molar-refractivity contribution in [3.05, 3.63) is 144 Å². The molecule has 0 aliphatic rings. The number of ether oxygens (including phenoxy) is 2. The summed E-state index contributed by atoms with van der Waals surface area (Å²) >= 11 is 0. The van der Waals surface area contributed by atoms with E-state index in [4.69, 9.17) is 9.47 Å². The number of carbonyl (C=O) groups excluding carboxylic acids is 1. The summed E-state index contributed by atoms with van der Waals surface area (Å²) in [6, 6.07) is 39.4. The van der Waals surface area contributed by atoms with E-state index in [2.05, 4.69) is 0 Å². The minimum absolute atomic E-state index is 0.561. The van der Waals surface area contributed by atoms with Crippen LogP contribution < -0.4 is 0 Å². The van der Waals surface area contributed by atoms with Crippen molar-refractivity contribution in [1.82, 2.24) is 0 Å². The van der Waals surface area contributed by atoms with E-state index in [1.54, 1.807) is 0 Å². The van der Waals surface area contributed by atoms with Gasteiger partial charge in [0, 0.05) is 22.3 Å². The number of carbonyl (C=O) groups is 1. The fourth-order valence-corrected chi connectivity index (χ4v) is 4.66. The molecule has 0 N–H and O–H groups in total. The molecule has 0 aromatic heterocycles. The molecule has 4 aromatic rings. The lowest BCUT2D eigenvalue weighted by molar-refractivity contribution is -0.0631. The zero-order chi connectivity index (χ0) is 23.9. The first-order chi connectivity index (χ1) is 16.6. The van der Waals surface area contributed by atoms with Crippen LogP contribution in [0.4, 0.5) is 4.79 Å². The Morgan fingerprint density at radius 1 is 0.500 bits per heavy atom. The molecule has 0 bridgehead atoms. The number of hydrogen-bond donors (Lipinski definition) is 0. The molecule has 0 fully saturated rings. The highest BCUT2D eigenvalue weighted by Gasteiger charge is 2.42. The van der Waals surface area contributed by atoms with Crippen LogP contribution in [0.5, 0.6) is 0 Å². The van der Waals surface area contributed by atoms with Crippen LogP contribution in [0.2, 0.25) is 0 Å². The standard InChI is InChI=1S/C31H30O3/c1-3-30(25-17-9-5-10-18-25,26-19-11-6-12-20-26)33-29(32)34-31(4-2,27-21-13-7-14-22-27)28-23-15-8-16-24-28/h5-24H,3-4H2,1-2H3. The fraction of sp³-hybridized carbons (Fsp3) is 0.194. The van der Waals surface area contributed by atoms with Gasteiger partial charge in [-0.15, -0.1) is 0 Å². The molecule has 0 heterocycles. The van der Waals surface area contributed by atoms with Crippen LogP contribution in [0.15, 0.2) is 121 Å². The average Bonchev–Trinajstić information content (AvgIpc) is 2.92.